The first-order valence-electron chi connectivity index (χ1n) is 18.0. The van der Waals surface area contributed by atoms with Gasteiger partial charge in [0.2, 0.25) is 5.71 Å². The lowest BCUT2D eigenvalue weighted by atomic mass is 10.0. The number of aromatic nitrogens is 6. The van der Waals surface area contributed by atoms with Gasteiger partial charge in [-0.3, -0.25) is 0 Å². The third-order valence-electron chi connectivity index (χ3n) is 9.65. The Labute approximate surface area is 316 Å². The van der Waals surface area contributed by atoms with Crippen molar-refractivity contribution in [2.75, 3.05) is 0 Å². The molecule has 4 heterocycles. The van der Waals surface area contributed by atoms with Crippen LogP contribution in [-0.2, 0) is 0 Å². The Hall–Kier alpha value is -7.64. The highest BCUT2D eigenvalue weighted by Crippen LogP contribution is 2.36. The normalized spacial score (nSPS) is 11.3. The largest absolute Gasteiger partial charge is 0.434 e. The Balaban J connectivity index is 1.06. The molecule has 4 aromatic heterocycles. The standard InChI is InChI=1S/C48H30N6O/c1-4-12-31(13-5-1)33-21-23-34(24-22-33)41-43-42(40-20-11-29-49-48(40)55-43)51-44(50-41)36-25-27-37(28-26-36)46-52-45(35-16-8-3-9-17-35)53-47(54-46)39-19-10-18-38(30-39)32-14-6-2-7-15-32/h1-30H. The van der Waals surface area contributed by atoms with E-state index in [-0.39, 0.29) is 0 Å². The fourth-order valence-electron chi connectivity index (χ4n) is 6.84. The van der Waals surface area contributed by atoms with Crippen molar-refractivity contribution in [3.8, 4) is 79.1 Å². The predicted octanol–water partition coefficient (Wildman–Crippen LogP) is 11.6. The predicted molar refractivity (Wildman–Crippen MR) is 219 cm³/mol. The highest BCUT2D eigenvalue weighted by atomic mass is 16.3. The van der Waals surface area contributed by atoms with Crippen molar-refractivity contribution in [2.45, 2.75) is 0 Å². The summed E-state index contributed by atoms with van der Waals surface area (Å²) < 4.78 is 6.29. The Bertz CT molecular complexity index is 2950. The van der Waals surface area contributed by atoms with Crippen LogP contribution in [0, 0.1) is 0 Å². The van der Waals surface area contributed by atoms with Gasteiger partial charge in [0.25, 0.3) is 0 Å². The first-order chi connectivity index (χ1) is 27.2. The van der Waals surface area contributed by atoms with Gasteiger partial charge in [0, 0.05) is 34.0 Å². The van der Waals surface area contributed by atoms with Gasteiger partial charge < -0.3 is 4.42 Å². The van der Waals surface area contributed by atoms with Crippen LogP contribution in [0.25, 0.3) is 101 Å². The Morgan fingerprint density at radius 2 is 0.782 bits per heavy atom. The van der Waals surface area contributed by atoms with E-state index >= 15 is 0 Å². The smallest absolute Gasteiger partial charge is 0.229 e. The zero-order chi connectivity index (χ0) is 36.6. The monoisotopic (exact) mass is 706 g/mol. The van der Waals surface area contributed by atoms with Gasteiger partial charge in [-0.15, -0.1) is 0 Å². The summed E-state index contributed by atoms with van der Waals surface area (Å²) in [5.41, 5.74) is 11.5. The van der Waals surface area contributed by atoms with Crippen LogP contribution < -0.4 is 0 Å². The van der Waals surface area contributed by atoms with E-state index in [1.807, 2.05) is 115 Å². The molecule has 0 saturated carbocycles. The molecule has 0 fully saturated rings. The second-order valence-electron chi connectivity index (χ2n) is 13.2. The van der Waals surface area contributed by atoms with Crippen LogP contribution in [0.4, 0.5) is 0 Å². The van der Waals surface area contributed by atoms with Crippen LogP contribution in [0.15, 0.2) is 187 Å². The van der Waals surface area contributed by atoms with Gasteiger partial charge in [-0.25, -0.2) is 29.9 Å². The second kappa shape index (κ2) is 13.7. The maximum Gasteiger partial charge on any atom is 0.229 e. The summed E-state index contributed by atoms with van der Waals surface area (Å²) in [6, 6.07) is 59.3. The van der Waals surface area contributed by atoms with Crippen molar-refractivity contribution >= 4 is 22.2 Å². The maximum absolute atomic E-state index is 6.29. The molecule has 7 heteroatoms. The molecule has 0 unspecified atom stereocenters. The van der Waals surface area contributed by atoms with E-state index in [1.54, 1.807) is 6.20 Å². The quantitative estimate of drug-likeness (QED) is 0.163. The molecular weight excluding hydrogens is 677 g/mol. The number of fused-ring (bicyclic) bond motifs is 3. The summed E-state index contributed by atoms with van der Waals surface area (Å²) in [5, 5.41) is 0.836. The van der Waals surface area contributed by atoms with Crippen LogP contribution >= 0.6 is 0 Å². The van der Waals surface area contributed by atoms with Gasteiger partial charge in [0.05, 0.1) is 5.39 Å². The molecule has 0 amide bonds. The molecule has 0 N–H and O–H groups in total. The molecule has 0 radical (unpaired) electrons. The molecule has 0 aliphatic carbocycles. The van der Waals surface area contributed by atoms with Gasteiger partial charge in [0.15, 0.2) is 28.9 Å². The number of rotatable bonds is 7. The molecule has 258 valence electrons. The molecule has 10 aromatic rings. The van der Waals surface area contributed by atoms with Gasteiger partial charge >= 0.3 is 0 Å². The third kappa shape index (κ3) is 6.19. The van der Waals surface area contributed by atoms with Crippen LogP contribution in [-0.4, -0.2) is 29.9 Å². The maximum atomic E-state index is 6.29. The summed E-state index contributed by atoms with van der Waals surface area (Å²) in [7, 11) is 0. The topological polar surface area (TPSA) is 90.5 Å². The van der Waals surface area contributed by atoms with E-state index in [1.165, 1.54) is 0 Å². The molecule has 0 spiro atoms. The Morgan fingerprint density at radius 1 is 0.327 bits per heavy atom. The number of furan rings is 1. The Morgan fingerprint density at radius 3 is 1.42 bits per heavy atom. The highest BCUT2D eigenvalue weighted by molar-refractivity contribution is 6.06. The van der Waals surface area contributed by atoms with Crippen molar-refractivity contribution in [1.29, 1.82) is 0 Å². The van der Waals surface area contributed by atoms with Crippen molar-refractivity contribution in [1.82, 2.24) is 29.9 Å². The average molecular weight is 707 g/mol. The van der Waals surface area contributed by atoms with Crippen LogP contribution in [0.3, 0.4) is 0 Å². The first-order valence-corrected chi connectivity index (χ1v) is 18.0. The number of pyridine rings is 1. The van der Waals surface area contributed by atoms with Gasteiger partial charge in [-0.1, -0.05) is 158 Å². The fourth-order valence-corrected chi connectivity index (χ4v) is 6.84. The molecule has 55 heavy (non-hydrogen) atoms. The zero-order valence-electron chi connectivity index (χ0n) is 29.4. The summed E-state index contributed by atoms with van der Waals surface area (Å²) in [6.07, 6.45) is 1.72. The Kier molecular flexibility index (Phi) is 8.00. The molecular formula is C48H30N6O. The molecule has 0 aliphatic rings. The van der Waals surface area contributed by atoms with Crippen LogP contribution in [0.1, 0.15) is 0 Å². The van der Waals surface area contributed by atoms with Crippen molar-refractivity contribution in [2.24, 2.45) is 0 Å². The van der Waals surface area contributed by atoms with Crippen molar-refractivity contribution in [3.63, 3.8) is 0 Å². The van der Waals surface area contributed by atoms with E-state index in [9.17, 15) is 0 Å². The fraction of sp³-hybridized carbons (Fsp3) is 0. The number of hydrogen-bond donors (Lipinski definition) is 0. The summed E-state index contributed by atoms with van der Waals surface area (Å²) in [4.78, 5) is 29.6. The SMILES string of the molecule is c1ccc(-c2ccc(-c3nc(-c4ccc(-c5nc(-c6ccccc6)nc(-c6cccc(-c7ccccc7)c6)n5)cc4)nc4c3oc3ncccc34)cc2)cc1. The third-order valence-corrected chi connectivity index (χ3v) is 9.65. The van der Waals surface area contributed by atoms with Crippen LogP contribution in [0.5, 0.6) is 0 Å². The number of benzene rings is 6. The zero-order valence-corrected chi connectivity index (χ0v) is 29.4. The van der Waals surface area contributed by atoms with E-state index in [0.29, 0.717) is 45.8 Å². The molecule has 6 aromatic carbocycles. The van der Waals surface area contributed by atoms with Crippen molar-refractivity contribution < 1.29 is 4.42 Å². The van der Waals surface area contributed by atoms with Gasteiger partial charge in [0.1, 0.15) is 11.2 Å². The molecule has 7 nitrogen and oxygen atoms in total. The highest BCUT2D eigenvalue weighted by Gasteiger charge is 2.19. The summed E-state index contributed by atoms with van der Waals surface area (Å²) >= 11 is 0. The molecule has 10 rings (SSSR count). The minimum absolute atomic E-state index is 0.524. The second-order valence-corrected chi connectivity index (χ2v) is 13.2. The van der Waals surface area contributed by atoms with Crippen molar-refractivity contribution in [3.05, 3.63) is 182 Å². The molecule has 0 atom stereocenters. The number of nitrogens with zero attached hydrogens (tertiary/aromatic N) is 6. The van der Waals surface area contributed by atoms with Gasteiger partial charge in [-0.05, 0) is 40.5 Å². The minimum Gasteiger partial charge on any atom is -0.434 e. The molecule has 0 aliphatic heterocycles. The molecule has 0 saturated heterocycles. The lowest BCUT2D eigenvalue weighted by Crippen LogP contribution is -2.00. The minimum atomic E-state index is 0.524. The summed E-state index contributed by atoms with van der Waals surface area (Å²) in [5.74, 6) is 2.35. The van der Waals surface area contributed by atoms with E-state index in [2.05, 4.69) is 65.6 Å². The van der Waals surface area contributed by atoms with E-state index < -0.39 is 0 Å². The van der Waals surface area contributed by atoms with E-state index in [4.69, 9.17) is 29.3 Å². The molecule has 0 bridgehead atoms. The van der Waals surface area contributed by atoms with E-state index in [0.717, 1.165) is 55.5 Å². The summed E-state index contributed by atoms with van der Waals surface area (Å²) in [6.45, 7) is 0. The first kappa shape index (κ1) is 32.0. The average Bonchev–Trinajstić information content (AvgIpc) is 3.66. The number of hydrogen-bond acceptors (Lipinski definition) is 7. The van der Waals surface area contributed by atoms with Gasteiger partial charge in [-0.2, -0.15) is 0 Å². The lowest BCUT2D eigenvalue weighted by Gasteiger charge is -2.10. The van der Waals surface area contributed by atoms with Crippen LogP contribution in [0.2, 0.25) is 0 Å². The lowest BCUT2D eigenvalue weighted by molar-refractivity contribution is 0.652.